The molecule has 2 aliphatic rings. The summed E-state index contributed by atoms with van der Waals surface area (Å²) in [6.07, 6.45) is 0. The van der Waals surface area contributed by atoms with E-state index in [-0.39, 0.29) is 0 Å². The Bertz CT molecular complexity index is 800. The first-order chi connectivity index (χ1) is 11.4. The van der Waals surface area contributed by atoms with Crippen molar-refractivity contribution < 1.29 is 18.3 Å². The first-order valence-corrected chi connectivity index (χ1v) is 7.50. The van der Waals surface area contributed by atoms with Gasteiger partial charge in [-0.1, -0.05) is 0 Å². The van der Waals surface area contributed by atoms with Crippen LogP contribution >= 0.6 is 0 Å². The fourth-order valence-electron chi connectivity index (χ4n) is 2.90. The van der Waals surface area contributed by atoms with Gasteiger partial charge in [0.05, 0.1) is 18.8 Å². The van der Waals surface area contributed by atoms with Gasteiger partial charge in [-0.25, -0.2) is 8.78 Å². The highest BCUT2D eigenvalue weighted by Gasteiger charge is 2.46. The largest absolute Gasteiger partial charge is 0.471 e. The summed E-state index contributed by atoms with van der Waals surface area (Å²) in [6, 6.07) is 12.4. The average molecular weight is 331 g/mol. The second-order valence-corrected chi connectivity index (χ2v) is 5.99. The van der Waals surface area contributed by atoms with Gasteiger partial charge in [0, 0.05) is 16.9 Å². The lowest BCUT2D eigenvalue weighted by Gasteiger charge is -2.38. The lowest BCUT2D eigenvalue weighted by atomic mass is 10.1. The number of likely N-dealkylation sites (tertiary alicyclic amines) is 1. The summed E-state index contributed by atoms with van der Waals surface area (Å²) in [5.74, 6) is -2.61. The highest BCUT2D eigenvalue weighted by atomic mass is 19.3. The number of fused-ring (bicyclic) bond motifs is 1. The third-order valence-corrected chi connectivity index (χ3v) is 4.18. The molecular formula is C17H15F2N3O2. The predicted octanol–water partition coefficient (Wildman–Crippen LogP) is 2.85. The number of carbonyl (C=O) groups excluding carboxylic acids is 1. The molecule has 124 valence electrons. The first-order valence-electron chi connectivity index (χ1n) is 7.50. The fraction of sp³-hybridized carbons (Fsp3) is 0.235. The molecule has 0 saturated carbocycles. The molecule has 2 N–H and O–H groups in total. The molecule has 5 nitrogen and oxygen atoms in total. The number of carbonyl (C=O) groups is 1. The number of hydrogen-bond donors (Lipinski definition) is 1. The zero-order valence-electron chi connectivity index (χ0n) is 12.7. The number of ether oxygens (including phenoxy) is 1. The molecule has 0 spiro atoms. The maximum absolute atomic E-state index is 12.9. The lowest BCUT2D eigenvalue weighted by molar-refractivity contribution is -0.113. The molecule has 4 rings (SSSR count). The summed E-state index contributed by atoms with van der Waals surface area (Å²) in [4.78, 5) is 15.3. The van der Waals surface area contributed by atoms with Gasteiger partial charge in [0.2, 0.25) is 0 Å². The van der Waals surface area contributed by atoms with Crippen molar-refractivity contribution in [1.82, 2.24) is 4.90 Å². The van der Waals surface area contributed by atoms with Gasteiger partial charge in [0.25, 0.3) is 11.8 Å². The maximum Gasteiger partial charge on any atom is 0.282 e. The monoisotopic (exact) mass is 331 g/mol. The molecule has 0 unspecified atom stereocenters. The van der Waals surface area contributed by atoms with Crippen molar-refractivity contribution in [3.05, 3.63) is 48.0 Å². The molecule has 0 atom stereocenters. The van der Waals surface area contributed by atoms with Gasteiger partial charge in [-0.15, -0.1) is 0 Å². The van der Waals surface area contributed by atoms with Gasteiger partial charge < -0.3 is 20.3 Å². The van der Waals surface area contributed by atoms with Crippen LogP contribution in [0.25, 0.3) is 0 Å². The van der Waals surface area contributed by atoms with Crippen LogP contribution in [0.1, 0.15) is 10.4 Å². The molecule has 1 amide bonds. The Morgan fingerprint density at radius 3 is 2.50 bits per heavy atom. The van der Waals surface area contributed by atoms with E-state index in [9.17, 15) is 13.6 Å². The fourth-order valence-corrected chi connectivity index (χ4v) is 2.90. The Morgan fingerprint density at radius 1 is 1.12 bits per heavy atom. The predicted molar refractivity (Wildman–Crippen MR) is 85.8 cm³/mol. The van der Waals surface area contributed by atoms with Crippen molar-refractivity contribution >= 4 is 23.0 Å². The average Bonchev–Trinajstić information content (AvgIpc) is 2.95. The third kappa shape index (κ3) is 2.42. The van der Waals surface area contributed by atoms with E-state index in [2.05, 4.69) is 0 Å². The zero-order valence-corrected chi connectivity index (χ0v) is 12.7. The van der Waals surface area contributed by atoms with Crippen molar-refractivity contribution in [3.8, 4) is 5.75 Å². The highest BCUT2D eigenvalue weighted by molar-refractivity contribution is 5.96. The number of hydrogen-bond acceptors (Lipinski definition) is 4. The van der Waals surface area contributed by atoms with Crippen LogP contribution in [-0.4, -0.2) is 36.5 Å². The van der Waals surface area contributed by atoms with Crippen molar-refractivity contribution in [2.75, 3.05) is 30.5 Å². The van der Waals surface area contributed by atoms with Gasteiger partial charge in [-0.2, -0.15) is 0 Å². The van der Waals surface area contributed by atoms with Crippen LogP contribution in [0.2, 0.25) is 0 Å². The summed E-state index contributed by atoms with van der Waals surface area (Å²) in [5, 5.41) is 0. The van der Waals surface area contributed by atoms with Crippen LogP contribution in [0.4, 0.5) is 25.8 Å². The molecule has 1 saturated heterocycles. The molecule has 0 aromatic heterocycles. The Labute approximate surface area is 137 Å². The van der Waals surface area contributed by atoms with Crippen LogP contribution in [-0.2, 0) is 0 Å². The molecule has 0 bridgehead atoms. The lowest BCUT2D eigenvalue weighted by Crippen LogP contribution is -2.58. The van der Waals surface area contributed by atoms with Crippen LogP contribution in [0, 0.1) is 0 Å². The molecule has 0 aliphatic carbocycles. The number of rotatable bonds is 2. The summed E-state index contributed by atoms with van der Waals surface area (Å²) in [6.45, 7) is -0.735. The molecule has 24 heavy (non-hydrogen) atoms. The van der Waals surface area contributed by atoms with E-state index >= 15 is 0 Å². The van der Waals surface area contributed by atoms with Gasteiger partial charge in [0.15, 0.2) is 6.73 Å². The number of amides is 1. The first kappa shape index (κ1) is 14.7. The number of alkyl halides is 2. The minimum Gasteiger partial charge on any atom is -0.471 e. The Kier molecular flexibility index (Phi) is 3.13. The van der Waals surface area contributed by atoms with Crippen LogP contribution < -0.4 is 15.4 Å². The van der Waals surface area contributed by atoms with E-state index in [0.29, 0.717) is 23.7 Å². The number of nitrogens with zero attached hydrogens (tertiary/aromatic N) is 2. The number of nitrogen functional groups attached to an aromatic ring is 1. The van der Waals surface area contributed by atoms with E-state index in [4.69, 9.17) is 10.5 Å². The van der Waals surface area contributed by atoms with Crippen LogP contribution in [0.3, 0.4) is 0 Å². The highest BCUT2D eigenvalue weighted by Crippen LogP contribution is 2.40. The summed E-state index contributed by atoms with van der Waals surface area (Å²) in [7, 11) is 0. The molecule has 2 heterocycles. The van der Waals surface area contributed by atoms with E-state index in [1.54, 1.807) is 30.3 Å². The molecular weight excluding hydrogens is 316 g/mol. The Hall–Kier alpha value is -2.83. The van der Waals surface area contributed by atoms with Crippen LogP contribution in [0.5, 0.6) is 5.75 Å². The number of anilines is 3. The summed E-state index contributed by atoms with van der Waals surface area (Å²) in [5.41, 5.74) is 8.46. The quantitative estimate of drug-likeness (QED) is 0.860. The number of benzene rings is 2. The minimum atomic E-state index is -2.77. The standard InChI is InChI=1S/C17H15F2N3O2/c18-17(19)8-21(9-17)16(23)11-1-6-14-15(7-11)24-10-22(14)13-4-2-12(20)3-5-13/h1-7H,8-10,20H2. The van der Waals surface area contributed by atoms with E-state index in [0.717, 1.165) is 16.3 Å². The molecule has 1 fully saturated rings. The van der Waals surface area contributed by atoms with Crippen molar-refractivity contribution in [3.63, 3.8) is 0 Å². The zero-order chi connectivity index (χ0) is 16.9. The smallest absolute Gasteiger partial charge is 0.282 e. The third-order valence-electron chi connectivity index (χ3n) is 4.18. The second-order valence-electron chi connectivity index (χ2n) is 5.99. The topological polar surface area (TPSA) is 58.8 Å². The van der Waals surface area contributed by atoms with Crippen molar-refractivity contribution in [2.45, 2.75) is 5.92 Å². The molecule has 7 heteroatoms. The molecule has 2 aromatic rings. The van der Waals surface area contributed by atoms with Gasteiger partial charge in [-0.3, -0.25) is 4.79 Å². The second kappa shape index (κ2) is 5.09. The van der Waals surface area contributed by atoms with Gasteiger partial charge in [-0.05, 0) is 42.5 Å². The minimum absolute atomic E-state index is 0.318. The Morgan fingerprint density at radius 2 is 1.83 bits per heavy atom. The number of halogens is 2. The maximum atomic E-state index is 12.9. The van der Waals surface area contributed by atoms with Gasteiger partial charge >= 0.3 is 0 Å². The molecule has 2 aliphatic heterocycles. The van der Waals surface area contributed by atoms with Crippen molar-refractivity contribution in [2.24, 2.45) is 0 Å². The molecule has 0 radical (unpaired) electrons. The van der Waals surface area contributed by atoms with Crippen LogP contribution in [0.15, 0.2) is 42.5 Å². The van der Waals surface area contributed by atoms with E-state index < -0.39 is 24.9 Å². The normalized spacial score (nSPS) is 17.9. The van der Waals surface area contributed by atoms with Crippen molar-refractivity contribution in [1.29, 1.82) is 0 Å². The molecule has 2 aromatic carbocycles. The summed E-state index contributed by atoms with van der Waals surface area (Å²) >= 11 is 0. The summed E-state index contributed by atoms with van der Waals surface area (Å²) < 4.78 is 31.5. The van der Waals surface area contributed by atoms with Gasteiger partial charge in [0.1, 0.15) is 5.75 Å². The van der Waals surface area contributed by atoms with E-state index in [1.807, 2.05) is 17.0 Å². The van der Waals surface area contributed by atoms with E-state index in [1.165, 1.54) is 0 Å². The number of nitrogens with two attached hydrogens (primary N) is 1. The Balaban J connectivity index is 1.57. The SMILES string of the molecule is Nc1ccc(N2COc3cc(C(=O)N4CC(F)(F)C4)ccc32)cc1.